The summed E-state index contributed by atoms with van der Waals surface area (Å²) in [7, 11) is 0. The number of H-pyrrole nitrogens is 1. The van der Waals surface area contributed by atoms with E-state index in [1.54, 1.807) is 6.92 Å². The van der Waals surface area contributed by atoms with Gasteiger partial charge in [-0.05, 0) is 6.92 Å². The van der Waals surface area contributed by atoms with Gasteiger partial charge in [0.25, 0.3) is 0 Å². The molecule has 0 aliphatic carbocycles. The van der Waals surface area contributed by atoms with E-state index >= 15 is 0 Å². The van der Waals surface area contributed by atoms with Crippen molar-refractivity contribution in [3.8, 4) is 17.5 Å². The summed E-state index contributed by atoms with van der Waals surface area (Å²) in [5.74, 6) is 0.547. The molecule has 2 heterocycles. The summed E-state index contributed by atoms with van der Waals surface area (Å²) in [5, 5.41) is 41.3. The molecule has 0 aliphatic rings. The zero-order chi connectivity index (χ0) is 15.4. The van der Waals surface area contributed by atoms with Gasteiger partial charge in [0.1, 0.15) is 18.3 Å². The quantitative estimate of drug-likeness (QED) is 0.447. The first-order chi connectivity index (χ1) is 10.1. The normalized spacial score (nSPS) is 15.7. The molecule has 2 rings (SSSR count). The number of nitrogens with zero attached hydrogens (tertiary/aromatic N) is 2. The molecule has 3 atom stereocenters. The molecule has 0 unspecified atom stereocenters. The third-order valence-corrected chi connectivity index (χ3v) is 2.84. The maximum Gasteiger partial charge on any atom is 0.311 e. The zero-order valence-electron chi connectivity index (χ0n) is 11.3. The van der Waals surface area contributed by atoms with Crippen molar-refractivity contribution in [2.45, 2.75) is 25.2 Å². The van der Waals surface area contributed by atoms with Gasteiger partial charge in [-0.15, -0.1) is 0 Å². The second-order valence-electron chi connectivity index (χ2n) is 4.34. The number of aliphatic hydroxyl groups excluding tert-OH is 4. The van der Waals surface area contributed by atoms with Crippen molar-refractivity contribution in [2.75, 3.05) is 13.2 Å². The summed E-state index contributed by atoms with van der Waals surface area (Å²) < 4.78 is 10.0. The fourth-order valence-corrected chi connectivity index (χ4v) is 1.70. The van der Waals surface area contributed by atoms with Crippen LogP contribution in [-0.4, -0.2) is 61.0 Å². The van der Waals surface area contributed by atoms with Crippen LogP contribution in [0.3, 0.4) is 0 Å². The zero-order valence-corrected chi connectivity index (χ0v) is 11.3. The molecule has 0 radical (unpaired) electrons. The highest BCUT2D eigenvalue weighted by Gasteiger charge is 2.27. The van der Waals surface area contributed by atoms with E-state index in [9.17, 15) is 15.3 Å². The van der Waals surface area contributed by atoms with E-state index < -0.39 is 24.9 Å². The van der Waals surface area contributed by atoms with Crippen molar-refractivity contribution in [1.29, 1.82) is 0 Å². The summed E-state index contributed by atoms with van der Waals surface area (Å²) in [5.41, 5.74) is 0.542. The number of aromatic nitrogens is 3. The second kappa shape index (κ2) is 6.68. The number of aromatic amines is 1. The Hall–Kier alpha value is -1.94. The van der Waals surface area contributed by atoms with Gasteiger partial charge in [-0.1, -0.05) is 5.16 Å². The van der Waals surface area contributed by atoms with Crippen LogP contribution in [0, 0.1) is 0 Å². The van der Waals surface area contributed by atoms with E-state index in [0.29, 0.717) is 18.1 Å². The molecule has 0 saturated carbocycles. The largest absolute Gasteiger partial charge is 0.464 e. The molecule has 9 nitrogen and oxygen atoms in total. The Bertz CT molecular complexity index is 569. The third kappa shape index (κ3) is 3.39. The molecule has 2 aromatic heterocycles. The van der Waals surface area contributed by atoms with E-state index in [2.05, 4.69) is 15.1 Å². The Morgan fingerprint density at radius 2 is 2.14 bits per heavy atom. The molecule has 21 heavy (non-hydrogen) atoms. The number of hydrogen-bond donors (Lipinski definition) is 5. The summed E-state index contributed by atoms with van der Waals surface area (Å²) in [6, 6.07) is 1.53. The van der Waals surface area contributed by atoms with Crippen LogP contribution in [-0.2, 0) is 0 Å². The molecule has 2 aromatic rings. The molecular weight excluding hydrogens is 282 g/mol. The fraction of sp³-hybridized carbons (Fsp3) is 0.500. The highest BCUT2D eigenvalue weighted by atomic mass is 16.6. The van der Waals surface area contributed by atoms with Gasteiger partial charge in [0, 0.05) is 0 Å². The summed E-state index contributed by atoms with van der Waals surface area (Å²) in [4.78, 5) is 6.75. The highest BCUT2D eigenvalue weighted by Crippen LogP contribution is 2.23. The number of imidazole rings is 1. The maximum atomic E-state index is 9.88. The molecule has 0 saturated heterocycles. The SMILES string of the molecule is CCOc1cc(-c2ncc([C@@H](O)[C@H](O)[C@H](O)CO)[nH]2)no1. The van der Waals surface area contributed by atoms with Crippen molar-refractivity contribution in [1.82, 2.24) is 15.1 Å². The van der Waals surface area contributed by atoms with Gasteiger partial charge in [0.2, 0.25) is 0 Å². The number of ether oxygens (including phenoxy) is 1. The number of aliphatic hydroxyl groups is 4. The van der Waals surface area contributed by atoms with Crippen LogP contribution in [0.2, 0.25) is 0 Å². The van der Waals surface area contributed by atoms with Crippen LogP contribution in [0.15, 0.2) is 16.8 Å². The van der Waals surface area contributed by atoms with Gasteiger partial charge < -0.3 is 34.7 Å². The maximum absolute atomic E-state index is 9.88. The van der Waals surface area contributed by atoms with Gasteiger partial charge >= 0.3 is 5.95 Å². The minimum atomic E-state index is -1.54. The Labute approximate surface area is 119 Å². The molecule has 0 bridgehead atoms. The Morgan fingerprint density at radius 3 is 2.81 bits per heavy atom. The third-order valence-electron chi connectivity index (χ3n) is 2.84. The average Bonchev–Trinajstić information content (AvgIpc) is 3.14. The van der Waals surface area contributed by atoms with E-state index in [0.717, 1.165) is 0 Å². The molecular formula is C12H17N3O6. The van der Waals surface area contributed by atoms with Crippen molar-refractivity contribution in [3.63, 3.8) is 0 Å². The lowest BCUT2D eigenvalue weighted by atomic mass is 10.1. The van der Waals surface area contributed by atoms with Crippen LogP contribution in [0.1, 0.15) is 18.7 Å². The molecule has 5 N–H and O–H groups in total. The monoisotopic (exact) mass is 299 g/mol. The minimum absolute atomic E-state index is 0.172. The second-order valence-corrected chi connectivity index (χ2v) is 4.34. The number of nitrogens with one attached hydrogen (secondary N) is 1. The van der Waals surface area contributed by atoms with Crippen molar-refractivity contribution >= 4 is 0 Å². The van der Waals surface area contributed by atoms with Crippen LogP contribution in [0.4, 0.5) is 0 Å². The average molecular weight is 299 g/mol. The molecule has 0 spiro atoms. The Morgan fingerprint density at radius 1 is 1.38 bits per heavy atom. The summed E-state index contributed by atoms with van der Waals surface area (Å²) in [6.45, 7) is 1.57. The predicted octanol–water partition coefficient (Wildman–Crippen LogP) is -0.789. The van der Waals surface area contributed by atoms with Crippen LogP contribution in [0.5, 0.6) is 5.95 Å². The minimum Gasteiger partial charge on any atom is -0.464 e. The Balaban J connectivity index is 2.13. The molecule has 0 aromatic carbocycles. The lowest BCUT2D eigenvalue weighted by Crippen LogP contribution is -2.34. The predicted molar refractivity (Wildman–Crippen MR) is 69.3 cm³/mol. The van der Waals surface area contributed by atoms with Crippen LogP contribution >= 0.6 is 0 Å². The number of rotatable bonds is 7. The first-order valence-electron chi connectivity index (χ1n) is 6.36. The van der Waals surface area contributed by atoms with Gasteiger partial charge in [-0.25, -0.2) is 4.98 Å². The van der Waals surface area contributed by atoms with Gasteiger partial charge in [0.15, 0.2) is 11.5 Å². The summed E-state index contributed by atoms with van der Waals surface area (Å²) in [6.07, 6.45) is -3.13. The molecule has 0 fully saturated rings. The van der Waals surface area contributed by atoms with Crippen LogP contribution < -0.4 is 4.74 Å². The first kappa shape index (κ1) is 15.4. The van der Waals surface area contributed by atoms with E-state index in [1.165, 1.54) is 12.3 Å². The van der Waals surface area contributed by atoms with Gasteiger partial charge in [-0.2, -0.15) is 0 Å². The van der Waals surface area contributed by atoms with Crippen molar-refractivity contribution < 1.29 is 29.7 Å². The molecule has 0 amide bonds. The van der Waals surface area contributed by atoms with E-state index in [1.807, 2.05) is 0 Å². The fourth-order valence-electron chi connectivity index (χ4n) is 1.70. The first-order valence-corrected chi connectivity index (χ1v) is 6.36. The standard InChI is InChI=1S/C12H17N3O6/c1-2-20-9-3-6(15-21-9)12-13-4-7(14-12)10(18)11(19)8(17)5-16/h3-4,8,10-11,16-19H,2,5H2,1H3,(H,13,14)/t8-,10-,11-/m1/s1. The van der Waals surface area contributed by atoms with E-state index in [-0.39, 0.29) is 11.6 Å². The molecule has 0 aliphatic heterocycles. The van der Waals surface area contributed by atoms with Gasteiger partial charge in [0.05, 0.1) is 31.2 Å². The van der Waals surface area contributed by atoms with E-state index in [4.69, 9.17) is 14.4 Å². The molecule has 9 heteroatoms. The van der Waals surface area contributed by atoms with Crippen molar-refractivity contribution in [2.24, 2.45) is 0 Å². The smallest absolute Gasteiger partial charge is 0.311 e. The summed E-state index contributed by atoms with van der Waals surface area (Å²) >= 11 is 0. The molecule has 116 valence electrons. The lowest BCUT2D eigenvalue weighted by molar-refractivity contribution is -0.0788. The van der Waals surface area contributed by atoms with Crippen LogP contribution in [0.25, 0.3) is 11.5 Å². The highest BCUT2D eigenvalue weighted by molar-refractivity contribution is 5.50. The topological polar surface area (TPSA) is 145 Å². The lowest BCUT2D eigenvalue weighted by Gasteiger charge is -2.20. The van der Waals surface area contributed by atoms with Crippen molar-refractivity contribution in [3.05, 3.63) is 18.0 Å². The Kier molecular flexibility index (Phi) is 4.91. The number of hydrogen-bond acceptors (Lipinski definition) is 8. The van der Waals surface area contributed by atoms with Gasteiger partial charge in [-0.3, -0.25) is 0 Å².